The molecule has 1 unspecified atom stereocenters. The van der Waals surface area contributed by atoms with E-state index in [4.69, 9.17) is 5.11 Å². The third-order valence-electron chi connectivity index (χ3n) is 1.85. The van der Waals surface area contributed by atoms with Crippen molar-refractivity contribution in [2.24, 2.45) is 0 Å². The van der Waals surface area contributed by atoms with Crippen LogP contribution in [0.1, 0.15) is 18.4 Å². The largest absolute Gasteiger partial charge is 0.396 e. The minimum absolute atomic E-state index is 0.0723. The molecule has 1 nitrogen and oxygen atoms in total. The zero-order chi connectivity index (χ0) is 10.0. The highest BCUT2D eigenvalue weighted by atomic mass is 79.9. The number of rotatable bonds is 2. The van der Waals surface area contributed by atoms with Crippen LogP contribution in [0.15, 0.2) is 16.6 Å². The zero-order valence-corrected chi connectivity index (χ0v) is 8.61. The summed E-state index contributed by atoms with van der Waals surface area (Å²) >= 11 is 2.95. The van der Waals surface area contributed by atoms with Crippen molar-refractivity contribution < 1.29 is 13.9 Å². The molecule has 1 aromatic rings. The van der Waals surface area contributed by atoms with Crippen molar-refractivity contribution in [3.8, 4) is 0 Å². The summed E-state index contributed by atoms with van der Waals surface area (Å²) in [4.78, 5) is 0. The van der Waals surface area contributed by atoms with Gasteiger partial charge in [0.1, 0.15) is 11.6 Å². The first kappa shape index (κ1) is 10.6. The molecule has 0 aliphatic heterocycles. The summed E-state index contributed by atoms with van der Waals surface area (Å²) in [5.41, 5.74) is -0.0723. The Balaban J connectivity index is 3.25. The third-order valence-corrected chi connectivity index (χ3v) is 2.46. The van der Waals surface area contributed by atoms with Crippen LogP contribution in [0.5, 0.6) is 0 Å². The molecular weight excluding hydrogens is 242 g/mol. The monoisotopic (exact) mass is 250 g/mol. The number of aliphatic hydroxyl groups is 1. The maximum atomic E-state index is 13.3. The first-order valence-electron chi connectivity index (χ1n) is 3.82. The minimum Gasteiger partial charge on any atom is -0.396 e. The summed E-state index contributed by atoms with van der Waals surface area (Å²) < 4.78 is 26.6. The van der Waals surface area contributed by atoms with Gasteiger partial charge >= 0.3 is 0 Å². The number of benzene rings is 1. The summed E-state index contributed by atoms with van der Waals surface area (Å²) in [7, 11) is 0. The minimum atomic E-state index is -0.637. The van der Waals surface area contributed by atoms with Crippen LogP contribution in [0.25, 0.3) is 0 Å². The van der Waals surface area contributed by atoms with E-state index in [0.717, 1.165) is 0 Å². The molecule has 4 heteroatoms. The van der Waals surface area contributed by atoms with Crippen LogP contribution in [-0.2, 0) is 0 Å². The molecule has 0 radical (unpaired) electrons. The lowest BCUT2D eigenvalue weighted by molar-refractivity contribution is 0.267. The highest BCUT2D eigenvalue weighted by Crippen LogP contribution is 2.27. The lowest BCUT2D eigenvalue weighted by Crippen LogP contribution is -2.05. The highest BCUT2D eigenvalue weighted by molar-refractivity contribution is 9.10. The standard InChI is InChI=1S/C9H9BrF2O/c1-5(4-13)8-7(11)3-2-6(10)9(8)12/h2-3,5,13H,4H2,1H3. The normalized spacial score (nSPS) is 13.0. The van der Waals surface area contributed by atoms with Crippen LogP contribution in [0, 0.1) is 11.6 Å². The lowest BCUT2D eigenvalue weighted by Gasteiger charge is -2.11. The van der Waals surface area contributed by atoms with Crippen molar-refractivity contribution in [1.82, 2.24) is 0 Å². The van der Waals surface area contributed by atoms with Gasteiger partial charge in [0.25, 0.3) is 0 Å². The van der Waals surface area contributed by atoms with E-state index in [1.165, 1.54) is 12.1 Å². The van der Waals surface area contributed by atoms with Gasteiger partial charge in [-0.25, -0.2) is 8.78 Å². The molecule has 0 aliphatic carbocycles. The van der Waals surface area contributed by atoms with Crippen LogP contribution >= 0.6 is 15.9 Å². The second kappa shape index (κ2) is 4.15. The maximum Gasteiger partial charge on any atom is 0.143 e. The van der Waals surface area contributed by atoms with Crippen molar-refractivity contribution in [3.05, 3.63) is 33.8 Å². The van der Waals surface area contributed by atoms with Crippen LogP contribution in [0.2, 0.25) is 0 Å². The van der Waals surface area contributed by atoms with Gasteiger partial charge < -0.3 is 5.11 Å². The summed E-state index contributed by atoms with van der Waals surface area (Å²) in [6.07, 6.45) is 0. The quantitative estimate of drug-likeness (QED) is 0.801. The van der Waals surface area contributed by atoms with Crippen molar-refractivity contribution in [2.45, 2.75) is 12.8 Å². The Morgan fingerprint density at radius 3 is 2.62 bits per heavy atom. The second-order valence-corrected chi connectivity index (χ2v) is 3.69. The van der Waals surface area contributed by atoms with Crippen molar-refractivity contribution >= 4 is 15.9 Å². The predicted molar refractivity (Wildman–Crippen MR) is 49.6 cm³/mol. The van der Waals surface area contributed by atoms with Crippen LogP contribution in [0.3, 0.4) is 0 Å². The van der Waals surface area contributed by atoms with Gasteiger partial charge in [0.2, 0.25) is 0 Å². The molecular formula is C9H9BrF2O. The third kappa shape index (κ3) is 2.06. The molecule has 13 heavy (non-hydrogen) atoms. The van der Waals surface area contributed by atoms with Gasteiger partial charge in [-0.15, -0.1) is 0 Å². The molecule has 72 valence electrons. The van der Waals surface area contributed by atoms with E-state index >= 15 is 0 Å². The van der Waals surface area contributed by atoms with Gasteiger partial charge in [-0.05, 0) is 28.1 Å². The zero-order valence-electron chi connectivity index (χ0n) is 7.02. The second-order valence-electron chi connectivity index (χ2n) is 2.84. The summed E-state index contributed by atoms with van der Waals surface area (Å²) in [5.74, 6) is -1.79. The molecule has 0 bridgehead atoms. The molecule has 1 N–H and O–H groups in total. The van der Waals surface area contributed by atoms with Crippen LogP contribution in [-0.4, -0.2) is 11.7 Å². The average molecular weight is 251 g/mol. The number of hydrogen-bond donors (Lipinski definition) is 1. The van der Waals surface area contributed by atoms with E-state index < -0.39 is 17.6 Å². The van der Waals surface area contributed by atoms with Crippen molar-refractivity contribution in [3.63, 3.8) is 0 Å². The van der Waals surface area contributed by atoms with Crippen molar-refractivity contribution in [1.29, 1.82) is 0 Å². The fourth-order valence-corrected chi connectivity index (χ4v) is 1.43. The molecule has 1 atom stereocenters. The van der Waals surface area contributed by atoms with Gasteiger partial charge in [0, 0.05) is 18.1 Å². The fraction of sp³-hybridized carbons (Fsp3) is 0.333. The Morgan fingerprint density at radius 2 is 2.08 bits per heavy atom. The molecule has 0 fully saturated rings. The van der Waals surface area contributed by atoms with Gasteiger partial charge in [-0.2, -0.15) is 0 Å². The topological polar surface area (TPSA) is 20.2 Å². The van der Waals surface area contributed by atoms with E-state index in [2.05, 4.69) is 15.9 Å². The molecule has 0 heterocycles. The van der Waals surface area contributed by atoms with Crippen LogP contribution < -0.4 is 0 Å². The van der Waals surface area contributed by atoms with E-state index in [0.29, 0.717) is 0 Å². The average Bonchev–Trinajstić information content (AvgIpc) is 2.12. The van der Waals surface area contributed by atoms with Crippen molar-refractivity contribution in [2.75, 3.05) is 6.61 Å². The first-order chi connectivity index (χ1) is 6.07. The number of halogens is 3. The summed E-state index contributed by atoms with van der Waals surface area (Å²) in [6, 6.07) is 2.48. The molecule has 0 saturated carbocycles. The molecule has 0 aromatic heterocycles. The van der Waals surface area contributed by atoms with E-state index in [-0.39, 0.29) is 16.6 Å². The van der Waals surface area contributed by atoms with Gasteiger partial charge in [-0.1, -0.05) is 6.92 Å². The molecule has 0 saturated heterocycles. The van der Waals surface area contributed by atoms with Crippen LogP contribution in [0.4, 0.5) is 8.78 Å². The Labute approximate surface area is 83.5 Å². The Hall–Kier alpha value is -0.480. The predicted octanol–water partition coefficient (Wildman–Crippen LogP) is 2.82. The summed E-state index contributed by atoms with van der Waals surface area (Å²) in [6.45, 7) is 1.29. The van der Waals surface area contributed by atoms with Gasteiger partial charge in [0.15, 0.2) is 0 Å². The van der Waals surface area contributed by atoms with Gasteiger partial charge in [0.05, 0.1) is 4.47 Å². The highest BCUT2D eigenvalue weighted by Gasteiger charge is 2.17. The molecule has 0 amide bonds. The van der Waals surface area contributed by atoms with E-state index in [1.807, 2.05) is 0 Å². The summed E-state index contributed by atoms with van der Waals surface area (Å²) in [5, 5.41) is 8.78. The van der Waals surface area contributed by atoms with E-state index in [1.54, 1.807) is 6.92 Å². The van der Waals surface area contributed by atoms with E-state index in [9.17, 15) is 8.78 Å². The fourth-order valence-electron chi connectivity index (χ4n) is 1.09. The SMILES string of the molecule is CC(CO)c1c(F)ccc(Br)c1F. The number of aliphatic hydroxyl groups excluding tert-OH is 1. The molecule has 0 aliphatic rings. The smallest absolute Gasteiger partial charge is 0.143 e. The molecule has 0 spiro atoms. The Kier molecular flexibility index (Phi) is 3.39. The molecule has 1 aromatic carbocycles. The number of hydrogen-bond acceptors (Lipinski definition) is 1. The Morgan fingerprint density at radius 1 is 1.46 bits per heavy atom. The Bertz CT molecular complexity index is 315. The molecule has 1 rings (SSSR count). The first-order valence-corrected chi connectivity index (χ1v) is 4.61. The maximum absolute atomic E-state index is 13.3. The van der Waals surface area contributed by atoms with Gasteiger partial charge in [-0.3, -0.25) is 0 Å². The lowest BCUT2D eigenvalue weighted by atomic mass is 10.0.